The molecule has 2 N–H and O–H groups in total. The van der Waals surface area contributed by atoms with Crippen LogP contribution in [-0.4, -0.2) is 63.4 Å². The van der Waals surface area contributed by atoms with E-state index in [1.54, 1.807) is 0 Å². The summed E-state index contributed by atoms with van der Waals surface area (Å²) in [5, 5.41) is 15.4. The largest absolute Gasteiger partial charge is 0.511 e. The number of rotatable bonds is 16. The van der Waals surface area contributed by atoms with Gasteiger partial charge in [0.1, 0.15) is 23.6 Å². The highest BCUT2D eigenvalue weighted by Crippen LogP contribution is 2.67. The lowest BCUT2D eigenvalue weighted by Crippen LogP contribution is -2.49. The average Bonchev–Trinajstić information content (AvgIpc) is 1.74. The van der Waals surface area contributed by atoms with Gasteiger partial charge in [0.15, 0.2) is 5.78 Å². The van der Waals surface area contributed by atoms with Gasteiger partial charge in [-0.2, -0.15) is 0 Å². The summed E-state index contributed by atoms with van der Waals surface area (Å²) < 4.78 is 18.5. The number of hydrogen-bond donors (Lipinski definition) is 2. The number of hydrogen-bond acceptors (Lipinski definition) is 11. The number of carbonyl (C=O) groups excluding carboxylic acids is 3. The molecule has 0 radical (unpaired) electrons. The van der Waals surface area contributed by atoms with Gasteiger partial charge >= 0.3 is 11.9 Å². The molecule has 6 heterocycles. The van der Waals surface area contributed by atoms with E-state index in [-0.39, 0.29) is 60.0 Å². The maximum Gasteiger partial charge on any atom is 0.306 e. The van der Waals surface area contributed by atoms with E-state index in [0.717, 1.165) is 120 Å². The van der Waals surface area contributed by atoms with Crippen LogP contribution in [0.15, 0.2) is 213 Å². The van der Waals surface area contributed by atoms with E-state index in [1.165, 1.54) is 12.5 Å². The van der Waals surface area contributed by atoms with E-state index >= 15 is 0 Å². The van der Waals surface area contributed by atoms with Gasteiger partial charge in [-0.05, 0) is 140 Å². The molecule has 6 atom stereocenters. The van der Waals surface area contributed by atoms with Gasteiger partial charge in [-0.15, -0.1) is 0 Å². The summed E-state index contributed by atoms with van der Waals surface area (Å²) in [5.74, 6) is 6.43. The zero-order chi connectivity index (χ0) is 62.4. The second-order valence-electron chi connectivity index (χ2n) is 26.5. The fourth-order valence-corrected chi connectivity index (χ4v) is 14.3. The van der Waals surface area contributed by atoms with Crippen LogP contribution in [0.25, 0.3) is 0 Å². The van der Waals surface area contributed by atoms with Crippen LogP contribution in [0.3, 0.4) is 0 Å². The van der Waals surface area contributed by atoms with Crippen LogP contribution < -0.4 is 5.32 Å². The van der Waals surface area contributed by atoms with Crippen LogP contribution in [0.5, 0.6) is 0 Å². The molecule has 0 aromatic carbocycles. The number of aliphatic hydroxyl groups excluding tert-OH is 1. The van der Waals surface area contributed by atoms with E-state index in [4.69, 9.17) is 29.2 Å². The second-order valence-corrected chi connectivity index (χ2v) is 26.5. The lowest BCUT2D eigenvalue weighted by molar-refractivity contribution is -0.153. The summed E-state index contributed by atoms with van der Waals surface area (Å²) in [6.07, 6.45) is 32.3. The molecule has 3 fully saturated rings. The van der Waals surface area contributed by atoms with Crippen LogP contribution >= 0.6 is 0 Å². The first-order valence-corrected chi connectivity index (χ1v) is 30.7. The first-order valence-electron chi connectivity index (χ1n) is 30.7. The minimum absolute atomic E-state index is 0.0201. The number of aliphatic hydroxyl groups is 1. The van der Waals surface area contributed by atoms with Crippen LogP contribution in [0.1, 0.15) is 169 Å². The number of fused-ring (bicyclic) bond motifs is 6. The number of esters is 2. The predicted octanol–water partition coefficient (Wildman–Crippen LogP) is 16.4. The van der Waals surface area contributed by atoms with Gasteiger partial charge in [-0.1, -0.05) is 144 Å². The van der Waals surface area contributed by atoms with E-state index < -0.39 is 16.6 Å². The number of ether oxygens (including phenoxy) is 3. The molecule has 0 amide bonds. The van der Waals surface area contributed by atoms with E-state index in [9.17, 15) is 19.5 Å². The zero-order valence-electron chi connectivity index (χ0n) is 53.7. The highest BCUT2D eigenvalue weighted by molar-refractivity contribution is 6.21. The van der Waals surface area contributed by atoms with Crippen molar-refractivity contribution in [3.63, 3.8) is 0 Å². The maximum atomic E-state index is 14.1. The Labute approximate surface area is 511 Å². The molecular formula is C75H88N4O7. The number of nitrogens with one attached hydrogen (secondary N) is 1. The molecule has 2 saturated heterocycles. The molecule has 11 nitrogen and oxygen atoms in total. The Bertz CT molecular complexity index is 3700. The molecule has 0 unspecified atom stereocenters. The molecule has 1 saturated carbocycles. The van der Waals surface area contributed by atoms with Crippen molar-refractivity contribution in [2.45, 2.75) is 192 Å². The summed E-state index contributed by atoms with van der Waals surface area (Å²) in [6.45, 7) is 36.8. The first-order chi connectivity index (χ1) is 40.6. The number of allylic oxidation sites excluding steroid dienone is 27. The van der Waals surface area contributed by atoms with Gasteiger partial charge in [0.05, 0.1) is 39.8 Å². The Morgan fingerprint density at radius 2 is 1.49 bits per heavy atom. The Hall–Kier alpha value is -7.68. The number of carbonyl (C=O) groups is 3. The van der Waals surface area contributed by atoms with E-state index in [2.05, 4.69) is 130 Å². The lowest BCUT2D eigenvalue weighted by atomic mass is 9.61. The summed E-state index contributed by atoms with van der Waals surface area (Å²) >= 11 is 0. The van der Waals surface area contributed by atoms with E-state index in [1.807, 2.05) is 82.4 Å². The van der Waals surface area contributed by atoms with Crippen molar-refractivity contribution in [2.75, 3.05) is 0 Å². The van der Waals surface area contributed by atoms with Crippen LogP contribution in [0.2, 0.25) is 0 Å². The molecule has 0 aromatic rings. The Balaban J connectivity index is 0.804. The van der Waals surface area contributed by atoms with Gasteiger partial charge < -0.3 is 24.6 Å². The van der Waals surface area contributed by atoms with Gasteiger partial charge in [-0.3, -0.25) is 14.4 Å². The Kier molecular flexibility index (Phi) is 18.0. The third kappa shape index (κ3) is 12.6. The van der Waals surface area contributed by atoms with Gasteiger partial charge in [0.25, 0.3) is 0 Å². The van der Waals surface area contributed by atoms with Gasteiger partial charge in [0.2, 0.25) is 0 Å². The SMILES string of the molecule is C=CC1=C(C)C2=NC1=CC1=NC(=CC3=C(C)C4=C(O)CC(=C5NC(=C2)[C@@H](C)[C@@H]5CCC(=O)O[C@H]2CC(C)(C)[C@]5(CC(=O)/C(C)=C/C=C/C(C)=C/C=C/C=C(C)/C=C/C=C(\C)C#CC6=C(C)C[C@@H](OC(C)=O)CC6(C)C)O[C@]5(C)C2)C4=N3)C(CC)=C1C. The fourth-order valence-electron chi connectivity index (χ4n) is 14.3. The van der Waals surface area contributed by atoms with Crippen LogP contribution in [-0.2, 0) is 28.6 Å². The molecule has 86 heavy (non-hydrogen) atoms. The molecule has 450 valence electrons. The third-order valence-electron chi connectivity index (χ3n) is 19.1. The van der Waals surface area contributed by atoms with E-state index in [0.29, 0.717) is 43.4 Å². The average molecular weight is 1160 g/mol. The topological polar surface area (TPSA) is 152 Å². The first kappa shape index (κ1) is 62.8. The van der Waals surface area contributed by atoms with Crippen molar-refractivity contribution >= 4 is 34.9 Å². The van der Waals surface area contributed by atoms with Crippen molar-refractivity contribution in [1.29, 1.82) is 0 Å². The minimum atomic E-state index is -0.674. The second kappa shape index (κ2) is 24.6. The van der Waals surface area contributed by atoms with Crippen LogP contribution in [0, 0.1) is 34.5 Å². The normalized spacial score (nSPS) is 28.0. The lowest BCUT2D eigenvalue weighted by Gasteiger charge is -2.41. The van der Waals surface area contributed by atoms with Gasteiger partial charge in [0, 0.05) is 95.4 Å². The molecule has 0 aromatic heterocycles. The fraction of sp³-hybridized carbons (Fsp3) is 0.440. The number of Topliss-reactive ketones (excluding diaryl/α,β-unsaturated/α-hetero) is 1. The van der Waals surface area contributed by atoms with Crippen LogP contribution in [0.4, 0.5) is 0 Å². The molecule has 0 spiro atoms. The highest BCUT2D eigenvalue weighted by atomic mass is 16.6. The Morgan fingerprint density at radius 3 is 2.14 bits per heavy atom. The standard InChI is InChI=1S/C75H88N4O7/c1-18-55-48(8)60-36-62-50(10)57(70(78-62)58-35-66(81)69-51(11)63(79-71(58)69)38-65-56(19-2)49(9)61(77-65)37-64(55)76-60)31-33-68(83)85-54-40-73(15,16)75(74(17,41-54)86-75)42-67(82)46(6)29-23-28-44(4)25-21-20-24-43(3)26-22-27-45(5)30-32-59-47(7)34-53(84-52(12)80)39-72(59,13)14/h18,20-29,36-38,50,53-54,57,78,81H,1,19,31,33-35,39-42H2,2-17H3/b21-20+,26-22+,28-23+,43-24+,44-25+,45-27+,46-29+,62-36?,64-37?,65-38?,70-58?/t50-,53+,54-,57-,74+,75-/m0/s1. The highest BCUT2D eigenvalue weighted by Gasteiger charge is 2.76. The van der Waals surface area contributed by atoms with Crippen molar-refractivity contribution in [2.24, 2.45) is 37.6 Å². The molecule has 8 bridgehead atoms. The van der Waals surface area contributed by atoms with Crippen molar-refractivity contribution < 1.29 is 33.7 Å². The van der Waals surface area contributed by atoms with Crippen molar-refractivity contribution in [3.05, 3.63) is 198 Å². The number of aliphatic imine (C=N–C) groups is 3. The summed E-state index contributed by atoms with van der Waals surface area (Å²) in [6, 6.07) is 0. The summed E-state index contributed by atoms with van der Waals surface area (Å²) in [4.78, 5) is 55.1. The van der Waals surface area contributed by atoms with Crippen molar-refractivity contribution in [1.82, 2.24) is 5.32 Å². The molecule has 9 aliphatic rings. The predicted molar refractivity (Wildman–Crippen MR) is 348 cm³/mol. The maximum absolute atomic E-state index is 14.1. The molecule has 9 rings (SSSR count). The number of epoxide rings is 1. The minimum Gasteiger partial charge on any atom is -0.511 e. The smallest absolute Gasteiger partial charge is 0.306 e. The Morgan fingerprint density at radius 1 is 0.814 bits per heavy atom. The quantitative estimate of drug-likeness (QED) is 0.0510. The molecule has 6 aliphatic heterocycles. The summed E-state index contributed by atoms with van der Waals surface area (Å²) in [7, 11) is 0. The molecular weight excluding hydrogens is 1070 g/mol. The van der Waals surface area contributed by atoms with Gasteiger partial charge in [-0.25, -0.2) is 15.0 Å². The number of ketones is 1. The third-order valence-corrected chi connectivity index (χ3v) is 19.1. The molecule has 3 aliphatic carbocycles. The summed E-state index contributed by atoms with van der Waals surface area (Å²) in [5.41, 5.74) is 17.9. The zero-order valence-corrected chi connectivity index (χ0v) is 53.7. The van der Waals surface area contributed by atoms with Crippen molar-refractivity contribution in [3.8, 4) is 11.8 Å². The number of nitrogens with zero attached hydrogens (tertiary/aromatic N) is 3. The monoisotopic (exact) mass is 1160 g/mol. The molecule has 11 heteroatoms.